The maximum Gasteiger partial charge on any atom is 0.417 e. The summed E-state index contributed by atoms with van der Waals surface area (Å²) in [7, 11) is 0. The number of hydrogen-bond acceptors (Lipinski definition) is 2. The average molecular weight is 315 g/mol. The minimum absolute atomic E-state index is 0.0166. The smallest absolute Gasteiger partial charge is 0.417 e. The van der Waals surface area contributed by atoms with E-state index in [1.54, 1.807) is 30.3 Å². The Morgan fingerprint density at radius 3 is 2.33 bits per heavy atom. The van der Waals surface area contributed by atoms with Crippen LogP contribution < -0.4 is 4.74 Å². The summed E-state index contributed by atoms with van der Waals surface area (Å²) in [5, 5.41) is -0.608. The van der Waals surface area contributed by atoms with E-state index in [2.05, 4.69) is 0 Å². The van der Waals surface area contributed by atoms with E-state index in [0.29, 0.717) is 6.29 Å². The number of carbonyl (C=O) groups is 1. The summed E-state index contributed by atoms with van der Waals surface area (Å²) in [6, 6.07) is 10.7. The average Bonchev–Trinajstić information content (AvgIpc) is 2.45. The number of alkyl halides is 3. The highest BCUT2D eigenvalue weighted by molar-refractivity contribution is 6.33. The Bertz CT molecular complexity index is 639. The molecule has 0 radical (unpaired) electrons. The monoisotopic (exact) mass is 314 g/mol. The second-order valence-corrected chi connectivity index (χ2v) is 4.61. The van der Waals surface area contributed by atoms with E-state index in [1.165, 1.54) is 0 Å². The fourth-order valence-electron chi connectivity index (χ4n) is 1.76. The van der Waals surface area contributed by atoms with Crippen LogP contribution in [-0.2, 0) is 12.8 Å². The van der Waals surface area contributed by atoms with Gasteiger partial charge in [-0.15, -0.1) is 0 Å². The molecule has 0 unspecified atom stereocenters. The minimum Gasteiger partial charge on any atom is -0.487 e. The number of hydrogen-bond donors (Lipinski definition) is 0. The van der Waals surface area contributed by atoms with Crippen LogP contribution in [0, 0.1) is 0 Å². The van der Waals surface area contributed by atoms with E-state index in [9.17, 15) is 18.0 Å². The lowest BCUT2D eigenvalue weighted by Gasteiger charge is -2.15. The van der Waals surface area contributed by atoms with Crippen LogP contribution in [0.3, 0.4) is 0 Å². The fourth-order valence-corrected chi connectivity index (χ4v) is 2.09. The third-order valence-corrected chi connectivity index (χ3v) is 3.16. The Balaban J connectivity index is 2.34. The summed E-state index contributed by atoms with van der Waals surface area (Å²) in [5.41, 5.74) is -0.301. The van der Waals surface area contributed by atoms with Crippen molar-refractivity contribution >= 4 is 17.9 Å². The van der Waals surface area contributed by atoms with E-state index in [0.717, 1.165) is 17.7 Å². The normalized spacial score (nSPS) is 11.2. The highest BCUT2D eigenvalue weighted by atomic mass is 35.5. The van der Waals surface area contributed by atoms with Crippen molar-refractivity contribution in [2.24, 2.45) is 0 Å². The van der Waals surface area contributed by atoms with E-state index in [1.807, 2.05) is 0 Å². The lowest BCUT2D eigenvalue weighted by atomic mass is 10.1. The number of halogens is 4. The zero-order valence-corrected chi connectivity index (χ0v) is 11.4. The molecule has 110 valence electrons. The van der Waals surface area contributed by atoms with E-state index in [-0.39, 0.29) is 17.9 Å². The molecule has 0 saturated heterocycles. The second-order valence-electron chi connectivity index (χ2n) is 4.24. The van der Waals surface area contributed by atoms with Crippen molar-refractivity contribution in [3.63, 3.8) is 0 Å². The zero-order chi connectivity index (χ0) is 15.5. The van der Waals surface area contributed by atoms with Gasteiger partial charge in [0.25, 0.3) is 0 Å². The second kappa shape index (κ2) is 6.18. The lowest BCUT2D eigenvalue weighted by molar-refractivity contribution is -0.137. The van der Waals surface area contributed by atoms with E-state index < -0.39 is 16.8 Å². The van der Waals surface area contributed by atoms with Gasteiger partial charge in [-0.1, -0.05) is 41.9 Å². The first-order valence-electron chi connectivity index (χ1n) is 5.95. The van der Waals surface area contributed by atoms with Crippen LogP contribution in [0.2, 0.25) is 5.02 Å². The Hall–Kier alpha value is -2.01. The molecular weight excluding hydrogens is 305 g/mol. The first kappa shape index (κ1) is 15.4. The topological polar surface area (TPSA) is 26.3 Å². The SMILES string of the molecule is O=Cc1ccc(C(F)(F)F)c(Cl)c1OCc1ccccc1. The molecule has 2 aromatic carbocycles. The molecule has 0 aliphatic rings. The third-order valence-electron chi connectivity index (χ3n) is 2.79. The lowest BCUT2D eigenvalue weighted by Crippen LogP contribution is -2.08. The van der Waals surface area contributed by atoms with Gasteiger partial charge in [-0.2, -0.15) is 13.2 Å². The summed E-state index contributed by atoms with van der Waals surface area (Å²) in [4.78, 5) is 10.9. The molecule has 0 aromatic heterocycles. The van der Waals surface area contributed by atoms with Gasteiger partial charge in [-0.05, 0) is 17.7 Å². The van der Waals surface area contributed by atoms with Crippen LogP contribution in [-0.4, -0.2) is 6.29 Å². The maximum absolute atomic E-state index is 12.8. The Labute approximate surface area is 124 Å². The van der Waals surface area contributed by atoms with Crippen molar-refractivity contribution in [2.75, 3.05) is 0 Å². The van der Waals surface area contributed by atoms with Crippen molar-refractivity contribution in [2.45, 2.75) is 12.8 Å². The van der Waals surface area contributed by atoms with Crippen molar-refractivity contribution in [1.29, 1.82) is 0 Å². The maximum atomic E-state index is 12.8. The summed E-state index contributed by atoms with van der Waals surface area (Å²) in [5.74, 6) is -0.259. The Morgan fingerprint density at radius 2 is 1.76 bits per heavy atom. The molecule has 2 rings (SSSR count). The molecule has 0 atom stereocenters. The summed E-state index contributed by atoms with van der Waals surface area (Å²) in [6.45, 7) is 0.0166. The zero-order valence-electron chi connectivity index (χ0n) is 10.7. The van der Waals surface area contributed by atoms with E-state index in [4.69, 9.17) is 16.3 Å². The van der Waals surface area contributed by atoms with Crippen molar-refractivity contribution in [3.05, 3.63) is 64.2 Å². The highest BCUT2D eigenvalue weighted by Gasteiger charge is 2.35. The van der Waals surface area contributed by atoms with Crippen LogP contribution in [0.25, 0.3) is 0 Å². The number of rotatable bonds is 4. The van der Waals surface area contributed by atoms with Crippen LogP contribution >= 0.6 is 11.6 Å². The molecule has 0 aliphatic carbocycles. The molecule has 0 heterocycles. The number of aldehydes is 1. The van der Waals surface area contributed by atoms with Gasteiger partial charge in [0.1, 0.15) is 12.4 Å². The molecule has 0 spiro atoms. The fraction of sp³-hybridized carbons (Fsp3) is 0.133. The van der Waals surface area contributed by atoms with Gasteiger partial charge >= 0.3 is 6.18 Å². The van der Waals surface area contributed by atoms with Gasteiger partial charge in [0, 0.05) is 0 Å². The minimum atomic E-state index is -4.61. The predicted octanol–water partition coefficient (Wildman–Crippen LogP) is 4.75. The molecule has 0 saturated carbocycles. The van der Waals surface area contributed by atoms with Crippen LogP contribution in [0.4, 0.5) is 13.2 Å². The van der Waals surface area contributed by atoms with Gasteiger partial charge in [0.15, 0.2) is 6.29 Å². The Morgan fingerprint density at radius 1 is 1.10 bits per heavy atom. The summed E-state index contributed by atoms with van der Waals surface area (Å²) >= 11 is 5.74. The molecule has 0 bridgehead atoms. The molecule has 6 heteroatoms. The van der Waals surface area contributed by atoms with Crippen molar-refractivity contribution in [1.82, 2.24) is 0 Å². The number of ether oxygens (including phenoxy) is 1. The highest BCUT2D eigenvalue weighted by Crippen LogP contribution is 2.41. The molecule has 2 aromatic rings. The molecule has 0 amide bonds. The summed E-state index contributed by atoms with van der Waals surface area (Å²) < 4.78 is 43.7. The van der Waals surface area contributed by atoms with E-state index >= 15 is 0 Å². The Kier molecular flexibility index (Phi) is 4.53. The van der Waals surface area contributed by atoms with Gasteiger partial charge < -0.3 is 4.74 Å². The van der Waals surface area contributed by atoms with Crippen LogP contribution in [0.1, 0.15) is 21.5 Å². The van der Waals surface area contributed by atoms with Gasteiger partial charge in [-0.3, -0.25) is 4.79 Å². The molecule has 0 fully saturated rings. The van der Waals surface area contributed by atoms with Crippen LogP contribution in [0.5, 0.6) is 5.75 Å². The first-order valence-corrected chi connectivity index (χ1v) is 6.33. The molecule has 0 N–H and O–H groups in total. The standard InChI is InChI=1S/C15H10ClF3O2/c16-13-12(15(17,18)19)7-6-11(8-20)14(13)21-9-10-4-2-1-3-5-10/h1-8H,9H2. The largest absolute Gasteiger partial charge is 0.487 e. The number of benzene rings is 2. The quantitative estimate of drug-likeness (QED) is 0.761. The molecule has 2 nitrogen and oxygen atoms in total. The third kappa shape index (κ3) is 3.55. The van der Waals surface area contributed by atoms with Crippen LogP contribution in [0.15, 0.2) is 42.5 Å². The first-order chi connectivity index (χ1) is 9.93. The van der Waals surface area contributed by atoms with Gasteiger partial charge in [0.2, 0.25) is 0 Å². The molecular formula is C15H10ClF3O2. The van der Waals surface area contributed by atoms with Crippen molar-refractivity contribution in [3.8, 4) is 5.75 Å². The molecule has 21 heavy (non-hydrogen) atoms. The number of carbonyl (C=O) groups excluding carboxylic acids is 1. The van der Waals surface area contributed by atoms with Gasteiger partial charge in [0.05, 0.1) is 16.1 Å². The van der Waals surface area contributed by atoms with Gasteiger partial charge in [-0.25, -0.2) is 0 Å². The van der Waals surface area contributed by atoms with Crippen molar-refractivity contribution < 1.29 is 22.7 Å². The summed E-state index contributed by atoms with van der Waals surface area (Å²) in [6.07, 6.45) is -4.20. The molecule has 0 aliphatic heterocycles. The predicted molar refractivity (Wildman–Crippen MR) is 72.6 cm³/mol.